The number of anilines is 1. The van der Waals surface area contributed by atoms with Gasteiger partial charge in [-0.25, -0.2) is 0 Å². The van der Waals surface area contributed by atoms with Gasteiger partial charge in [-0.05, 0) is 42.8 Å². The first-order chi connectivity index (χ1) is 13.4. The van der Waals surface area contributed by atoms with Crippen molar-refractivity contribution in [3.63, 3.8) is 0 Å². The van der Waals surface area contributed by atoms with Gasteiger partial charge in [-0.2, -0.15) is 5.26 Å². The van der Waals surface area contributed by atoms with Crippen LogP contribution in [0.5, 0.6) is 0 Å². The number of benzene rings is 2. The number of hydrogen-bond acceptors (Lipinski definition) is 3. The second-order valence-corrected chi connectivity index (χ2v) is 7.05. The molecule has 1 heterocycles. The molecular weight excluding hydrogens is 419 g/mol. The standard InChI is InChI=1S/C21H13Cl3N2O2/c1-12-4-2-7-17(23)20(12)26-21(27)13(11-25)10-14-8-9-18(28-14)15-5-3-6-16(22)19(15)24/h2-10H,1H3,(H,26,27)/b13-10+. The van der Waals surface area contributed by atoms with E-state index in [0.29, 0.717) is 37.8 Å². The molecule has 2 aromatic carbocycles. The number of rotatable bonds is 4. The Bertz CT molecular complexity index is 1110. The van der Waals surface area contributed by atoms with E-state index < -0.39 is 5.91 Å². The van der Waals surface area contributed by atoms with Crippen molar-refractivity contribution in [1.29, 1.82) is 5.26 Å². The molecule has 0 radical (unpaired) electrons. The first-order valence-electron chi connectivity index (χ1n) is 8.13. The lowest BCUT2D eigenvalue weighted by atomic mass is 10.1. The first-order valence-corrected chi connectivity index (χ1v) is 9.26. The van der Waals surface area contributed by atoms with Crippen molar-refractivity contribution >= 4 is 52.5 Å². The van der Waals surface area contributed by atoms with Crippen LogP contribution in [0, 0.1) is 18.3 Å². The van der Waals surface area contributed by atoms with Gasteiger partial charge in [-0.1, -0.05) is 53.0 Å². The molecule has 0 spiro atoms. The zero-order valence-corrected chi connectivity index (χ0v) is 16.9. The van der Waals surface area contributed by atoms with Crippen molar-refractivity contribution in [2.45, 2.75) is 6.92 Å². The molecule has 4 nitrogen and oxygen atoms in total. The highest BCUT2D eigenvalue weighted by Gasteiger charge is 2.15. The summed E-state index contributed by atoms with van der Waals surface area (Å²) in [5, 5.41) is 13.2. The second kappa shape index (κ2) is 8.53. The van der Waals surface area contributed by atoms with Crippen LogP contribution in [0.4, 0.5) is 5.69 Å². The Kier molecular flexibility index (Phi) is 6.11. The number of amides is 1. The third-order valence-electron chi connectivity index (χ3n) is 3.96. The van der Waals surface area contributed by atoms with E-state index in [1.165, 1.54) is 6.08 Å². The quantitative estimate of drug-likeness (QED) is 0.366. The molecule has 3 aromatic rings. The van der Waals surface area contributed by atoms with Gasteiger partial charge in [0, 0.05) is 11.6 Å². The summed E-state index contributed by atoms with van der Waals surface area (Å²) in [5.41, 5.74) is 1.73. The minimum atomic E-state index is -0.586. The molecule has 0 saturated carbocycles. The van der Waals surface area contributed by atoms with E-state index in [2.05, 4.69) is 5.32 Å². The molecule has 28 heavy (non-hydrogen) atoms. The van der Waals surface area contributed by atoms with Crippen LogP contribution < -0.4 is 5.32 Å². The highest BCUT2D eigenvalue weighted by molar-refractivity contribution is 6.43. The zero-order valence-electron chi connectivity index (χ0n) is 14.6. The predicted molar refractivity (Wildman–Crippen MR) is 113 cm³/mol. The molecule has 3 rings (SSSR count). The lowest BCUT2D eigenvalue weighted by molar-refractivity contribution is -0.112. The molecule has 0 saturated heterocycles. The highest BCUT2D eigenvalue weighted by atomic mass is 35.5. The van der Waals surface area contributed by atoms with E-state index in [4.69, 9.17) is 39.2 Å². The lowest BCUT2D eigenvalue weighted by Gasteiger charge is -2.09. The number of nitrogens with zero attached hydrogens (tertiary/aromatic N) is 1. The maximum atomic E-state index is 12.5. The van der Waals surface area contributed by atoms with E-state index in [9.17, 15) is 10.1 Å². The van der Waals surface area contributed by atoms with Crippen molar-refractivity contribution in [3.8, 4) is 17.4 Å². The van der Waals surface area contributed by atoms with Gasteiger partial charge in [0.05, 0.1) is 20.8 Å². The number of para-hydroxylation sites is 1. The minimum absolute atomic E-state index is 0.127. The fourth-order valence-electron chi connectivity index (χ4n) is 2.53. The summed E-state index contributed by atoms with van der Waals surface area (Å²) in [7, 11) is 0. The third kappa shape index (κ3) is 4.23. The SMILES string of the molecule is Cc1cccc(Cl)c1NC(=O)/C(C#N)=C/c1ccc(-c2cccc(Cl)c2Cl)o1. The van der Waals surface area contributed by atoms with Crippen molar-refractivity contribution in [2.75, 3.05) is 5.32 Å². The van der Waals surface area contributed by atoms with Gasteiger partial charge < -0.3 is 9.73 Å². The van der Waals surface area contributed by atoms with Crippen molar-refractivity contribution < 1.29 is 9.21 Å². The molecule has 0 aliphatic heterocycles. The average Bonchev–Trinajstić information content (AvgIpc) is 3.13. The number of hydrogen-bond donors (Lipinski definition) is 1. The molecule has 0 bridgehead atoms. The van der Waals surface area contributed by atoms with Crippen LogP contribution in [0.2, 0.25) is 15.1 Å². The van der Waals surface area contributed by atoms with Gasteiger partial charge in [0.25, 0.3) is 5.91 Å². The van der Waals surface area contributed by atoms with Crippen LogP contribution >= 0.6 is 34.8 Å². The van der Waals surface area contributed by atoms with Crippen LogP contribution in [-0.4, -0.2) is 5.91 Å². The number of carbonyl (C=O) groups excluding carboxylic acids is 1. The molecule has 0 fully saturated rings. The fourth-order valence-corrected chi connectivity index (χ4v) is 3.19. The Morgan fingerprint density at radius 2 is 1.79 bits per heavy atom. The summed E-state index contributed by atoms with van der Waals surface area (Å²) in [4.78, 5) is 12.5. The molecule has 0 aliphatic carbocycles. The smallest absolute Gasteiger partial charge is 0.266 e. The van der Waals surface area contributed by atoms with Crippen LogP contribution in [-0.2, 0) is 4.79 Å². The van der Waals surface area contributed by atoms with Gasteiger partial charge in [0.15, 0.2) is 0 Å². The first kappa shape index (κ1) is 20.0. The van der Waals surface area contributed by atoms with Crippen LogP contribution in [0.3, 0.4) is 0 Å². The van der Waals surface area contributed by atoms with Crippen molar-refractivity contribution in [2.24, 2.45) is 0 Å². The average molecular weight is 432 g/mol. The predicted octanol–water partition coefficient (Wildman–Crippen LogP) is 6.76. The number of aryl methyl sites for hydroxylation is 1. The monoisotopic (exact) mass is 430 g/mol. The Morgan fingerprint density at radius 3 is 2.50 bits per heavy atom. The van der Waals surface area contributed by atoms with Crippen LogP contribution in [0.1, 0.15) is 11.3 Å². The normalized spacial score (nSPS) is 11.2. The minimum Gasteiger partial charge on any atom is -0.457 e. The summed E-state index contributed by atoms with van der Waals surface area (Å²) < 4.78 is 5.71. The molecule has 7 heteroatoms. The van der Waals surface area contributed by atoms with E-state index in [1.54, 1.807) is 42.5 Å². The number of furan rings is 1. The number of nitriles is 1. The summed E-state index contributed by atoms with van der Waals surface area (Å²) in [6.07, 6.45) is 1.35. The number of carbonyl (C=O) groups is 1. The molecule has 140 valence electrons. The Hall–Kier alpha value is -2.71. The fraction of sp³-hybridized carbons (Fsp3) is 0.0476. The van der Waals surface area contributed by atoms with Crippen LogP contribution in [0.25, 0.3) is 17.4 Å². The van der Waals surface area contributed by atoms with E-state index in [1.807, 2.05) is 19.1 Å². The van der Waals surface area contributed by atoms with Crippen molar-refractivity contribution in [3.05, 3.63) is 80.5 Å². The number of halogens is 3. The third-order valence-corrected chi connectivity index (χ3v) is 5.09. The van der Waals surface area contributed by atoms with Crippen molar-refractivity contribution in [1.82, 2.24) is 0 Å². The largest absolute Gasteiger partial charge is 0.457 e. The molecule has 1 amide bonds. The van der Waals surface area contributed by atoms with Gasteiger partial charge in [-0.3, -0.25) is 4.79 Å². The molecule has 1 N–H and O–H groups in total. The summed E-state index contributed by atoms with van der Waals surface area (Å²) >= 11 is 18.4. The molecule has 1 aromatic heterocycles. The lowest BCUT2D eigenvalue weighted by Crippen LogP contribution is -2.14. The molecular formula is C21H13Cl3N2O2. The van der Waals surface area contributed by atoms with E-state index >= 15 is 0 Å². The van der Waals surface area contributed by atoms with E-state index in [-0.39, 0.29) is 5.57 Å². The second-order valence-electron chi connectivity index (χ2n) is 5.86. The molecule has 0 aliphatic rings. The molecule has 0 atom stereocenters. The topological polar surface area (TPSA) is 66.0 Å². The summed E-state index contributed by atoms with van der Waals surface area (Å²) in [6, 6.07) is 15.6. The summed E-state index contributed by atoms with van der Waals surface area (Å²) in [6.45, 7) is 1.81. The van der Waals surface area contributed by atoms with Gasteiger partial charge in [0.2, 0.25) is 0 Å². The Morgan fingerprint density at radius 1 is 1.07 bits per heavy atom. The zero-order chi connectivity index (χ0) is 20.3. The summed E-state index contributed by atoms with van der Waals surface area (Å²) in [5.74, 6) is 0.212. The van der Waals surface area contributed by atoms with Crippen LogP contribution in [0.15, 0.2) is 58.5 Å². The maximum absolute atomic E-state index is 12.5. The Labute approximate surface area is 176 Å². The van der Waals surface area contributed by atoms with Gasteiger partial charge in [-0.15, -0.1) is 0 Å². The number of nitrogens with one attached hydrogen (secondary N) is 1. The van der Waals surface area contributed by atoms with Gasteiger partial charge >= 0.3 is 0 Å². The Balaban J connectivity index is 1.87. The highest BCUT2D eigenvalue weighted by Crippen LogP contribution is 2.34. The van der Waals surface area contributed by atoms with E-state index in [0.717, 1.165) is 5.56 Å². The van der Waals surface area contributed by atoms with Gasteiger partial charge in [0.1, 0.15) is 23.2 Å². The maximum Gasteiger partial charge on any atom is 0.266 e. The molecule has 0 unspecified atom stereocenters.